The Balaban J connectivity index is 1.99. The highest BCUT2D eigenvalue weighted by Crippen LogP contribution is 2.42. The second kappa shape index (κ2) is 6.61. The number of rotatable bonds is 3. The summed E-state index contributed by atoms with van der Waals surface area (Å²) < 4.78 is 40.4. The molecule has 0 fully saturated rings. The van der Waals surface area contributed by atoms with Gasteiger partial charge < -0.3 is 0 Å². The number of nitrogens with zero attached hydrogens (tertiary/aromatic N) is 3. The maximum Gasteiger partial charge on any atom is 0.418 e. The largest absolute Gasteiger partial charge is 0.418 e. The Labute approximate surface area is 145 Å². The highest BCUT2D eigenvalue weighted by Gasteiger charge is 2.40. The van der Waals surface area contributed by atoms with Gasteiger partial charge in [-0.1, -0.05) is 17.7 Å². The van der Waals surface area contributed by atoms with E-state index in [-0.39, 0.29) is 16.2 Å². The van der Waals surface area contributed by atoms with Gasteiger partial charge in [-0.2, -0.15) is 18.4 Å². The van der Waals surface area contributed by atoms with Gasteiger partial charge in [0.15, 0.2) is 0 Å². The van der Waals surface area contributed by atoms with Crippen molar-refractivity contribution >= 4 is 23.4 Å². The van der Waals surface area contributed by atoms with Crippen LogP contribution in [0.2, 0.25) is 5.15 Å². The number of hydrogen-bond acceptors (Lipinski definition) is 4. The number of alkyl halides is 3. The van der Waals surface area contributed by atoms with Crippen LogP contribution < -0.4 is 0 Å². The third kappa shape index (κ3) is 3.35. The molecule has 3 nitrogen and oxygen atoms in total. The zero-order valence-electron chi connectivity index (χ0n) is 12.3. The molecule has 2 heterocycles. The maximum absolute atomic E-state index is 13.5. The third-order valence-electron chi connectivity index (χ3n) is 3.75. The average Bonchev–Trinajstić information content (AvgIpc) is 2.99. The molecular weight excluding hydrogens is 359 g/mol. The van der Waals surface area contributed by atoms with Crippen LogP contribution >= 0.6 is 23.4 Å². The van der Waals surface area contributed by atoms with E-state index in [2.05, 4.69) is 9.97 Å². The first-order chi connectivity index (χ1) is 11.4. The molecule has 0 atom stereocenters. The molecule has 2 aromatic heterocycles. The van der Waals surface area contributed by atoms with Crippen LogP contribution in [-0.2, 0) is 24.8 Å². The lowest BCUT2D eigenvalue weighted by Crippen LogP contribution is -2.14. The van der Waals surface area contributed by atoms with Crippen molar-refractivity contribution in [2.75, 3.05) is 0 Å². The zero-order valence-corrected chi connectivity index (χ0v) is 13.9. The summed E-state index contributed by atoms with van der Waals surface area (Å²) in [6.07, 6.45) is -1.54. The van der Waals surface area contributed by atoms with Gasteiger partial charge in [0.05, 0.1) is 11.1 Å². The van der Waals surface area contributed by atoms with Crippen LogP contribution in [0.3, 0.4) is 0 Å². The molecule has 0 aromatic carbocycles. The molecule has 3 rings (SSSR count). The standard InChI is InChI=1S/C16H11ClF3N3S/c17-13-5-4-9(7-22-13)8-24-15-11(6-21)14(16(18,19)20)10-2-1-3-12(10)23-15/h4-5,7H,1-3,8H2. The lowest BCUT2D eigenvalue weighted by molar-refractivity contribution is -0.138. The van der Waals surface area contributed by atoms with E-state index in [1.54, 1.807) is 24.4 Å². The molecule has 0 aliphatic heterocycles. The molecule has 0 spiro atoms. The minimum Gasteiger partial charge on any atom is -0.245 e. The second-order valence-electron chi connectivity index (χ2n) is 5.33. The van der Waals surface area contributed by atoms with Crippen LogP contribution in [0.4, 0.5) is 13.2 Å². The molecular formula is C16H11ClF3N3S. The molecule has 0 radical (unpaired) electrons. The van der Waals surface area contributed by atoms with Gasteiger partial charge in [-0.25, -0.2) is 9.97 Å². The summed E-state index contributed by atoms with van der Waals surface area (Å²) in [5.74, 6) is 0.363. The van der Waals surface area contributed by atoms with E-state index in [1.807, 2.05) is 0 Å². The molecule has 124 valence electrons. The predicted molar refractivity (Wildman–Crippen MR) is 84.8 cm³/mol. The Morgan fingerprint density at radius 1 is 1.29 bits per heavy atom. The van der Waals surface area contributed by atoms with Crippen LogP contribution in [0.25, 0.3) is 0 Å². The summed E-state index contributed by atoms with van der Waals surface area (Å²) in [5.41, 5.74) is 0.234. The van der Waals surface area contributed by atoms with E-state index >= 15 is 0 Å². The van der Waals surface area contributed by atoms with Gasteiger partial charge in [-0.15, -0.1) is 11.8 Å². The molecule has 0 bridgehead atoms. The van der Waals surface area contributed by atoms with Crippen LogP contribution in [0.5, 0.6) is 0 Å². The number of nitriles is 1. The van der Waals surface area contributed by atoms with Gasteiger partial charge in [0, 0.05) is 17.6 Å². The number of thioether (sulfide) groups is 1. The predicted octanol–water partition coefficient (Wildman–Crippen LogP) is 4.80. The zero-order chi connectivity index (χ0) is 17.3. The number of aryl methyl sites for hydroxylation is 1. The van der Waals surface area contributed by atoms with Crippen molar-refractivity contribution in [1.82, 2.24) is 9.97 Å². The second-order valence-corrected chi connectivity index (χ2v) is 6.68. The Bertz CT molecular complexity index is 813. The SMILES string of the molecule is N#Cc1c(SCc2ccc(Cl)nc2)nc2c(c1C(F)(F)F)CCC2. The third-order valence-corrected chi connectivity index (χ3v) is 5.02. The minimum atomic E-state index is -4.56. The molecule has 0 amide bonds. The fourth-order valence-corrected chi connectivity index (χ4v) is 3.77. The average molecular weight is 370 g/mol. The van der Waals surface area contributed by atoms with Crippen LogP contribution in [0.1, 0.15) is 34.4 Å². The Kier molecular flexibility index (Phi) is 4.70. The number of halogens is 4. The summed E-state index contributed by atoms with van der Waals surface area (Å²) >= 11 is 6.82. The minimum absolute atomic E-state index is 0.125. The molecule has 24 heavy (non-hydrogen) atoms. The van der Waals surface area contributed by atoms with E-state index < -0.39 is 11.7 Å². The van der Waals surface area contributed by atoms with Crippen molar-refractivity contribution in [2.45, 2.75) is 36.2 Å². The maximum atomic E-state index is 13.5. The molecule has 0 saturated carbocycles. The van der Waals surface area contributed by atoms with Crippen molar-refractivity contribution in [3.63, 3.8) is 0 Å². The van der Waals surface area contributed by atoms with E-state index in [0.717, 1.165) is 17.3 Å². The van der Waals surface area contributed by atoms with E-state index in [4.69, 9.17) is 11.6 Å². The quantitative estimate of drug-likeness (QED) is 0.576. The molecule has 8 heteroatoms. The fraction of sp³-hybridized carbons (Fsp3) is 0.312. The Morgan fingerprint density at radius 3 is 2.71 bits per heavy atom. The topological polar surface area (TPSA) is 49.6 Å². The molecule has 1 aliphatic carbocycles. The smallest absolute Gasteiger partial charge is 0.245 e. The number of hydrogen-bond donors (Lipinski definition) is 0. The van der Waals surface area contributed by atoms with E-state index in [9.17, 15) is 18.4 Å². The monoisotopic (exact) mass is 369 g/mol. The van der Waals surface area contributed by atoms with Crippen molar-refractivity contribution in [3.8, 4) is 6.07 Å². The molecule has 0 N–H and O–H groups in total. The van der Waals surface area contributed by atoms with Gasteiger partial charge in [0.2, 0.25) is 0 Å². The Morgan fingerprint density at radius 2 is 2.08 bits per heavy atom. The number of pyridine rings is 2. The van der Waals surface area contributed by atoms with Crippen LogP contribution in [0.15, 0.2) is 23.4 Å². The summed E-state index contributed by atoms with van der Waals surface area (Å²) in [6, 6.07) is 5.06. The van der Waals surface area contributed by atoms with Crippen molar-refractivity contribution in [3.05, 3.63) is 51.4 Å². The molecule has 2 aromatic rings. The summed E-state index contributed by atoms with van der Waals surface area (Å²) in [6.45, 7) is 0. The summed E-state index contributed by atoms with van der Waals surface area (Å²) in [4.78, 5) is 8.26. The number of fused-ring (bicyclic) bond motifs is 1. The van der Waals surface area contributed by atoms with Gasteiger partial charge in [0.1, 0.15) is 16.2 Å². The molecule has 0 unspecified atom stereocenters. The normalized spacial score (nSPS) is 13.6. The van der Waals surface area contributed by atoms with Crippen molar-refractivity contribution < 1.29 is 13.2 Å². The fourth-order valence-electron chi connectivity index (χ4n) is 2.72. The molecule has 0 saturated heterocycles. The van der Waals surface area contributed by atoms with Crippen LogP contribution in [0, 0.1) is 11.3 Å². The summed E-state index contributed by atoms with van der Waals surface area (Å²) in [7, 11) is 0. The van der Waals surface area contributed by atoms with Gasteiger partial charge in [-0.05, 0) is 36.5 Å². The van der Waals surface area contributed by atoms with Crippen molar-refractivity contribution in [1.29, 1.82) is 5.26 Å². The molecule has 1 aliphatic rings. The lowest BCUT2D eigenvalue weighted by atomic mass is 10.0. The first-order valence-corrected chi connectivity index (χ1v) is 8.52. The summed E-state index contributed by atoms with van der Waals surface area (Å²) in [5, 5.41) is 9.76. The highest BCUT2D eigenvalue weighted by atomic mass is 35.5. The van der Waals surface area contributed by atoms with E-state index in [1.165, 1.54) is 0 Å². The van der Waals surface area contributed by atoms with Gasteiger partial charge in [0.25, 0.3) is 0 Å². The lowest BCUT2D eigenvalue weighted by Gasteiger charge is -2.16. The van der Waals surface area contributed by atoms with Crippen LogP contribution in [-0.4, -0.2) is 9.97 Å². The van der Waals surface area contributed by atoms with Gasteiger partial charge >= 0.3 is 6.18 Å². The Hall–Kier alpha value is -1.78. The van der Waals surface area contributed by atoms with E-state index in [0.29, 0.717) is 35.9 Å². The first kappa shape index (κ1) is 17.1. The van der Waals surface area contributed by atoms with Crippen molar-refractivity contribution in [2.24, 2.45) is 0 Å². The van der Waals surface area contributed by atoms with Gasteiger partial charge in [-0.3, -0.25) is 0 Å². The number of aromatic nitrogens is 2. The first-order valence-electron chi connectivity index (χ1n) is 7.16. The highest BCUT2D eigenvalue weighted by molar-refractivity contribution is 7.98.